The van der Waals surface area contributed by atoms with Gasteiger partial charge in [0.05, 0.1) is 6.04 Å². The van der Waals surface area contributed by atoms with Gasteiger partial charge in [0.25, 0.3) is 0 Å². The molecule has 0 spiro atoms. The molecule has 2 aliphatic rings. The first kappa shape index (κ1) is 17.1. The van der Waals surface area contributed by atoms with Crippen molar-refractivity contribution in [3.05, 3.63) is 59.7 Å². The molecular weight excluding hydrogens is 322 g/mol. The molecule has 0 saturated carbocycles. The van der Waals surface area contributed by atoms with Crippen LogP contribution in [-0.4, -0.2) is 49.6 Å². The maximum absolute atomic E-state index is 13.1. The van der Waals surface area contributed by atoms with Gasteiger partial charge < -0.3 is 9.80 Å². The fourth-order valence-corrected chi connectivity index (χ4v) is 4.14. The van der Waals surface area contributed by atoms with E-state index in [0.29, 0.717) is 0 Å². The highest BCUT2D eigenvalue weighted by Gasteiger charge is 2.32. The zero-order chi connectivity index (χ0) is 18.1. The van der Waals surface area contributed by atoms with E-state index in [0.717, 1.165) is 44.8 Å². The minimum atomic E-state index is -0.0687. The molecule has 0 bridgehead atoms. The molecule has 2 aromatic carbocycles. The Kier molecular flexibility index (Phi) is 4.68. The third-order valence-electron chi connectivity index (χ3n) is 5.74. The summed E-state index contributed by atoms with van der Waals surface area (Å²) in [6.45, 7) is 8.80. The number of benzene rings is 2. The van der Waals surface area contributed by atoms with Gasteiger partial charge in [0.1, 0.15) is 0 Å². The molecule has 0 aromatic heterocycles. The van der Waals surface area contributed by atoms with Crippen LogP contribution in [0.2, 0.25) is 0 Å². The van der Waals surface area contributed by atoms with E-state index in [1.54, 1.807) is 0 Å². The van der Waals surface area contributed by atoms with Crippen LogP contribution < -0.4 is 9.80 Å². The predicted octanol–water partition coefficient (Wildman–Crippen LogP) is 3.09. The standard InChI is InChI=1S/C22H27N3O/c1-17-6-5-8-20(16-17)24-14-12-23(13-15-24)18(2)22(26)25-11-10-19-7-3-4-9-21(19)25/h3-9,16,18H,10-15H2,1-2H3. The molecule has 4 heteroatoms. The average Bonchev–Trinajstić information content (AvgIpc) is 3.11. The van der Waals surface area contributed by atoms with E-state index in [1.807, 2.05) is 11.0 Å². The Morgan fingerprint density at radius 2 is 1.73 bits per heavy atom. The third-order valence-corrected chi connectivity index (χ3v) is 5.74. The van der Waals surface area contributed by atoms with Gasteiger partial charge in [0.15, 0.2) is 0 Å². The molecule has 136 valence electrons. The lowest BCUT2D eigenvalue weighted by Gasteiger charge is -2.39. The fraction of sp³-hybridized carbons (Fsp3) is 0.409. The van der Waals surface area contributed by atoms with Gasteiger partial charge in [-0.25, -0.2) is 0 Å². The monoisotopic (exact) mass is 349 g/mol. The molecule has 1 atom stereocenters. The zero-order valence-corrected chi connectivity index (χ0v) is 15.7. The predicted molar refractivity (Wildman–Crippen MR) is 107 cm³/mol. The number of rotatable bonds is 3. The van der Waals surface area contributed by atoms with Gasteiger partial charge in [-0.15, -0.1) is 0 Å². The van der Waals surface area contributed by atoms with Crippen molar-refractivity contribution in [2.75, 3.05) is 42.5 Å². The minimum absolute atomic E-state index is 0.0687. The number of hydrogen-bond donors (Lipinski definition) is 0. The first-order valence-electron chi connectivity index (χ1n) is 9.58. The van der Waals surface area contributed by atoms with E-state index in [9.17, 15) is 4.79 Å². The molecule has 4 rings (SSSR count). The maximum Gasteiger partial charge on any atom is 0.244 e. The summed E-state index contributed by atoms with van der Waals surface area (Å²) in [6.07, 6.45) is 0.968. The van der Waals surface area contributed by atoms with Gasteiger partial charge >= 0.3 is 0 Å². The number of hydrogen-bond acceptors (Lipinski definition) is 3. The highest BCUT2D eigenvalue weighted by molar-refractivity contribution is 5.98. The largest absolute Gasteiger partial charge is 0.369 e. The van der Waals surface area contributed by atoms with Crippen molar-refractivity contribution in [2.45, 2.75) is 26.3 Å². The smallest absolute Gasteiger partial charge is 0.244 e. The SMILES string of the molecule is Cc1cccc(N2CCN(C(C)C(=O)N3CCc4ccccc43)CC2)c1. The molecule has 1 fully saturated rings. The molecule has 1 saturated heterocycles. The number of piperazine rings is 1. The number of carbonyl (C=O) groups is 1. The summed E-state index contributed by atoms with van der Waals surface area (Å²) in [5.41, 5.74) is 4.97. The summed E-state index contributed by atoms with van der Waals surface area (Å²) < 4.78 is 0. The topological polar surface area (TPSA) is 26.8 Å². The molecule has 2 aromatic rings. The first-order chi connectivity index (χ1) is 12.6. The van der Waals surface area contributed by atoms with Gasteiger partial charge in [-0.3, -0.25) is 9.69 Å². The molecule has 0 aliphatic carbocycles. The molecular formula is C22H27N3O. The Labute approximate surface area is 156 Å². The van der Waals surface area contributed by atoms with E-state index in [-0.39, 0.29) is 11.9 Å². The molecule has 4 nitrogen and oxygen atoms in total. The summed E-state index contributed by atoms with van der Waals surface area (Å²) in [5.74, 6) is 0.235. The van der Waals surface area contributed by atoms with Crippen LogP contribution in [0.4, 0.5) is 11.4 Å². The molecule has 2 aliphatic heterocycles. The van der Waals surface area contributed by atoms with Gasteiger partial charge in [-0.05, 0) is 49.6 Å². The lowest BCUT2D eigenvalue weighted by atomic mass is 10.1. The minimum Gasteiger partial charge on any atom is -0.369 e. The lowest BCUT2D eigenvalue weighted by molar-refractivity contribution is -0.123. The maximum atomic E-state index is 13.1. The van der Waals surface area contributed by atoms with Crippen LogP contribution in [0.15, 0.2) is 48.5 Å². The number of nitrogens with zero attached hydrogens (tertiary/aromatic N) is 3. The van der Waals surface area contributed by atoms with Crippen molar-refractivity contribution in [3.8, 4) is 0 Å². The van der Waals surface area contributed by atoms with Crippen LogP contribution in [0, 0.1) is 6.92 Å². The van der Waals surface area contributed by atoms with Crippen LogP contribution >= 0.6 is 0 Å². The van der Waals surface area contributed by atoms with Crippen LogP contribution in [0.25, 0.3) is 0 Å². The first-order valence-corrected chi connectivity index (χ1v) is 9.58. The number of amides is 1. The van der Waals surface area contributed by atoms with Gasteiger partial charge in [0, 0.05) is 44.1 Å². The van der Waals surface area contributed by atoms with E-state index in [4.69, 9.17) is 0 Å². The summed E-state index contributed by atoms with van der Waals surface area (Å²) >= 11 is 0. The fourth-order valence-electron chi connectivity index (χ4n) is 4.14. The normalized spacial score (nSPS) is 18.7. The van der Waals surface area contributed by atoms with Crippen molar-refractivity contribution < 1.29 is 4.79 Å². The Hall–Kier alpha value is -2.33. The number of carbonyl (C=O) groups excluding carboxylic acids is 1. The van der Waals surface area contributed by atoms with E-state index in [2.05, 4.69) is 66.1 Å². The number of para-hydroxylation sites is 1. The highest BCUT2D eigenvalue weighted by atomic mass is 16.2. The summed E-state index contributed by atoms with van der Waals surface area (Å²) in [7, 11) is 0. The lowest BCUT2D eigenvalue weighted by Crippen LogP contribution is -2.54. The Balaban J connectivity index is 1.39. The van der Waals surface area contributed by atoms with Crippen LogP contribution in [0.1, 0.15) is 18.1 Å². The van der Waals surface area contributed by atoms with Crippen molar-refractivity contribution in [1.82, 2.24) is 4.90 Å². The second kappa shape index (κ2) is 7.12. The molecule has 2 heterocycles. The summed E-state index contributed by atoms with van der Waals surface area (Å²) in [4.78, 5) is 19.8. The van der Waals surface area contributed by atoms with E-state index >= 15 is 0 Å². The van der Waals surface area contributed by atoms with Crippen molar-refractivity contribution in [1.29, 1.82) is 0 Å². The zero-order valence-electron chi connectivity index (χ0n) is 15.7. The van der Waals surface area contributed by atoms with E-state index in [1.165, 1.54) is 16.8 Å². The quantitative estimate of drug-likeness (QED) is 0.852. The van der Waals surface area contributed by atoms with E-state index < -0.39 is 0 Å². The molecule has 0 N–H and O–H groups in total. The molecule has 1 amide bonds. The van der Waals surface area contributed by atoms with Gasteiger partial charge in [0.2, 0.25) is 5.91 Å². The summed E-state index contributed by atoms with van der Waals surface area (Å²) in [6, 6.07) is 16.9. The van der Waals surface area contributed by atoms with Crippen LogP contribution in [0.5, 0.6) is 0 Å². The third kappa shape index (κ3) is 3.21. The van der Waals surface area contributed by atoms with Crippen molar-refractivity contribution in [3.63, 3.8) is 0 Å². The average molecular weight is 349 g/mol. The Bertz CT molecular complexity index is 795. The van der Waals surface area contributed by atoms with Crippen molar-refractivity contribution >= 4 is 17.3 Å². The Morgan fingerprint density at radius 3 is 2.50 bits per heavy atom. The van der Waals surface area contributed by atoms with Gasteiger partial charge in [-0.2, -0.15) is 0 Å². The molecule has 0 radical (unpaired) electrons. The molecule has 1 unspecified atom stereocenters. The second-order valence-electron chi connectivity index (χ2n) is 7.41. The highest BCUT2D eigenvalue weighted by Crippen LogP contribution is 2.28. The molecule has 26 heavy (non-hydrogen) atoms. The number of fused-ring (bicyclic) bond motifs is 1. The number of aryl methyl sites for hydroxylation is 1. The van der Waals surface area contributed by atoms with Crippen LogP contribution in [0.3, 0.4) is 0 Å². The van der Waals surface area contributed by atoms with Crippen LogP contribution in [-0.2, 0) is 11.2 Å². The summed E-state index contributed by atoms with van der Waals surface area (Å²) in [5, 5.41) is 0. The van der Waals surface area contributed by atoms with Gasteiger partial charge in [-0.1, -0.05) is 30.3 Å². The second-order valence-corrected chi connectivity index (χ2v) is 7.41. The Morgan fingerprint density at radius 1 is 0.962 bits per heavy atom. The number of anilines is 2. The van der Waals surface area contributed by atoms with Crippen molar-refractivity contribution in [2.24, 2.45) is 0 Å².